The second kappa shape index (κ2) is 9.69. The minimum atomic E-state index is 0.831. The van der Waals surface area contributed by atoms with Crippen LogP contribution in [0.5, 0.6) is 0 Å². The van der Waals surface area contributed by atoms with Crippen molar-refractivity contribution in [3.05, 3.63) is 91.4 Å². The van der Waals surface area contributed by atoms with Gasteiger partial charge in [-0.25, -0.2) is 15.0 Å². The van der Waals surface area contributed by atoms with E-state index < -0.39 is 0 Å². The average Bonchev–Trinajstić information content (AvgIpc) is 3.65. The molecule has 0 fully saturated rings. The SMILES string of the molecule is c1cn(CCCNCc2ccc(-c3cc4ncnc(Nc5ccc6[nH]ccc6c5)c4s3)cc2)cn1. The summed E-state index contributed by atoms with van der Waals surface area (Å²) in [5, 5.41) is 8.17. The van der Waals surface area contributed by atoms with Gasteiger partial charge in [0.15, 0.2) is 5.82 Å². The van der Waals surface area contributed by atoms with Crippen molar-refractivity contribution in [1.29, 1.82) is 0 Å². The van der Waals surface area contributed by atoms with Crippen LogP contribution in [0.25, 0.3) is 31.6 Å². The van der Waals surface area contributed by atoms with Crippen molar-refractivity contribution < 1.29 is 0 Å². The standard InChI is InChI=1S/C27H25N7S/c1(12-34-13-11-29-18-34)9-28-16-19-2-4-20(5-3-19)25-15-24-26(35-25)27(32-17-31-24)33-22-6-7-23-21(14-22)8-10-30-23/h2-8,10-11,13-15,17-18,28,30H,1,9,12,16H2,(H,31,32,33). The van der Waals surface area contributed by atoms with Gasteiger partial charge < -0.3 is 20.2 Å². The fourth-order valence-corrected chi connectivity index (χ4v) is 5.24. The Morgan fingerprint density at radius 3 is 2.83 bits per heavy atom. The van der Waals surface area contributed by atoms with Crippen LogP contribution in [-0.2, 0) is 13.1 Å². The summed E-state index contributed by atoms with van der Waals surface area (Å²) in [6, 6.07) is 19.2. The normalized spacial score (nSPS) is 11.4. The zero-order chi connectivity index (χ0) is 23.5. The minimum absolute atomic E-state index is 0.831. The highest BCUT2D eigenvalue weighted by Gasteiger charge is 2.11. The van der Waals surface area contributed by atoms with Crippen LogP contribution in [-0.4, -0.2) is 31.0 Å². The number of benzene rings is 2. The van der Waals surface area contributed by atoms with Crippen molar-refractivity contribution in [3.63, 3.8) is 0 Å². The second-order valence-corrected chi connectivity index (χ2v) is 9.53. The molecule has 0 saturated heterocycles. The van der Waals surface area contributed by atoms with Gasteiger partial charge in [-0.05, 0) is 54.4 Å². The van der Waals surface area contributed by atoms with Crippen LogP contribution in [0.15, 0.2) is 85.8 Å². The molecule has 0 amide bonds. The number of H-pyrrole nitrogens is 1. The number of aromatic amines is 1. The molecule has 6 rings (SSSR count). The summed E-state index contributed by atoms with van der Waals surface area (Å²) in [5.41, 5.74) is 5.55. The Morgan fingerprint density at radius 2 is 1.94 bits per heavy atom. The number of nitrogens with one attached hydrogen (secondary N) is 3. The van der Waals surface area contributed by atoms with E-state index in [-0.39, 0.29) is 0 Å². The molecule has 4 aromatic heterocycles. The lowest BCUT2D eigenvalue weighted by Crippen LogP contribution is -2.16. The Kier molecular flexibility index (Phi) is 5.96. The molecule has 4 heterocycles. The molecule has 0 spiro atoms. The predicted octanol–water partition coefficient (Wildman–Crippen LogP) is 5.96. The quantitative estimate of drug-likeness (QED) is 0.223. The van der Waals surface area contributed by atoms with Crippen LogP contribution in [0.2, 0.25) is 0 Å². The van der Waals surface area contributed by atoms with E-state index in [0.717, 1.165) is 53.3 Å². The number of aryl methyl sites for hydroxylation is 1. The maximum atomic E-state index is 4.52. The van der Waals surface area contributed by atoms with Crippen molar-refractivity contribution in [2.24, 2.45) is 0 Å². The Balaban J connectivity index is 1.12. The van der Waals surface area contributed by atoms with Gasteiger partial charge in [-0.3, -0.25) is 0 Å². The summed E-state index contributed by atoms with van der Waals surface area (Å²) in [6.07, 6.45) is 10.3. The second-order valence-electron chi connectivity index (χ2n) is 8.48. The lowest BCUT2D eigenvalue weighted by Gasteiger charge is -2.07. The monoisotopic (exact) mass is 479 g/mol. The van der Waals surface area contributed by atoms with Crippen LogP contribution in [0.3, 0.4) is 0 Å². The van der Waals surface area contributed by atoms with Gasteiger partial charge in [-0.1, -0.05) is 24.3 Å². The topological polar surface area (TPSA) is 83.5 Å². The molecule has 0 bridgehead atoms. The third kappa shape index (κ3) is 4.80. The zero-order valence-electron chi connectivity index (χ0n) is 19.1. The number of fused-ring (bicyclic) bond motifs is 2. The number of imidazole rings is 1. The van der Waals surface area contributed by atoms with Crippen molar-refractivity contribution in [2.75, 3.05) is 11.9 Å². The van der Waals surface area contributed by atoms with Crippen LogP contribution in [0.4, 0.5) is 11.5 Å². The van der Waals surface area contributed by atoms with E-state index in [0.29, 0.717) is 0 Å². The molecule has 35 heavy (non-hydrogen) atoms. The number of hydrogen-bond donors (Lipinski definition) is 3. The van der Waals surface area contributed by atoms with Gasteiger partial charge in [0.2, 0.25) is 0 Å². The number of nitrogens with zero attached hydrogens (tertiary/aromatic N) is 4. The number of thiophene rings is 1. The highest BCUT2D eigenvalue weighted by molar-refractivity contribution is 7.22. The summed E-state index contributed by atoms with van der Waals surface area (Å²) in [6.45, 7) is 2.82. The van der Waals surface area contributed by atoms with E-state index in [4.69, 9.17) is 0 Å². The Hall–Kier alpha value is -4.01. The molecule has 0 atom stereocenters. The zero-order valence-corrected chi connectivity index (χ0v) is 19.9. The average molecular weight is 480 g/mol. The highest BCUT2D eigenvalue weighted by atomic mass is 32.1. The molecule has 6 aromatic rings. The van der Waals surface area contributed by atoms with E-state index in [1.54, 1.807) is 17.7 Å². The van der Waals surface area contributed by atoms with Crippen LogP contribution in [0, 0.1) is 0 Å². The van der Waals surface area contributed by atoms with E-state index in [1.807, 2.05) is 24.9 Å². The molecule has 0 aliphatic heterocycles. The van der Waals surface area contributed by atoms with Gasteiger partial charge in [0.1, 0.15) is 6.33 Å². The minimum Gasteiger partial charge on any atom is -0.361 e. The van der Waals surface area contributed by atoms with E-state index in [1.165, 1.54) is 21.4 Å². The first-order valence-corrected chi connectivity index (χ1v) is 12.5. The molecule has 0 aliphatic rings. The predicted molar refractivity (Wildman–Crippen MR) is 143 cm³/mol. The molecule has 3 N–H and O–H groups in total. The van der Waals surface area contributed by atoms with Gasteiger partial charge in [-0.15, -0.1) is 11.3 Å². The molecule has 174 valence electrons. The van der Waals surface area contributed by atoms with Gasteiger partial charge in [0.05, 0.1) is 16.5 Å². The smallest absolute Gasteiger partial charge is 0.151 e. The Bertz CT molecular complexity index is 1550. The highest BCUT2D eigenvalue weighted by Crippen LogP contribution is 2.36. The van der Waals surface area contributed by atoms with Crippen LogP contribution < -0.4 is 10.6 Å². The molecule has 2 aromatic carbocycles. The molecular weight excluding hydrogens is 454 g/mol. The third-order valence-corrected chi connectivity index (χ3v) is 7.20. The summed E-state index contributed by atoms with van der Waals surface area (Å²) in [7, 11) is 0. The number of aromatic nitrogens is 5. The van der Waals surface area contributed by atoms with Gasteiger partial charge in [0, 0.05) is 53.1 Å². The molecular formula is C27H25N7S. The van der Waals surface area contributed by atoms with Gasteiger partial charge >= 0.3 is 0 Å². The lowest BCUT2D eigenvalue weighted by atomic mass is 10.1. The molecule has 0 saturated carbocycles. The number of rotatable bonds is 9. The van der Waals surface area contributed by atoms with Crippen molar-refractivity contribution in [1.82, 2.24) is 29.8 Å². The maximum absolute atomic E-state index is 4.52. The third-order valence-electron chi connectivity index (χ3n) is 6.02. The molecule has 8 heteroatoms. The fourth-order valence-electron chi connectivity index (χ4n) is 4.18. The van der Waals surface area contributed by atoms with E-state index >= 15 is 0 Å². The summed E-state index contributed by atoms with van der Waals surface area (Å²) in [5.74, 6) is 0.831. The van der Waals surface area contributed by atoms with E-state index in [9.17, 15) is 0 Å². The lowest BCUT2D eigenvalue weighted by molar-refractivity contribution is 0.581. The number of anilines is 2. The summed E-state index contributed by atoms with van der Waals surface area (Å²) < 4.78 is 3.16. The summed E-state index contributed by atoms with van der Waals surface area (Å²) >= 11 is 1.71. The largest absolute Gasteiger partial charge is 0.361 e. The van der Waals surface area contributed by atoms with Crippen LogP contribution in [0.1, 0.15) is 12.0 Å². The molecule has 0 radical (unpaired) electrons. The summed E-state index contributed by atoms with van der Waals surface area (Å²) in [4.78, 5) is 17.5. The van der Waals surface area contributed by atoms with Gasteiger partial charge in [0.25, 0.3) is 0 Å². The molecule has 0 aliphatic carbocycles. The maximum Gasteiger partial charge on any atom is 0.151 e. The van der Waals surface area contributed by atoms with Crippen LogP contribution >= 0.6 is 11.3 Å². The molecule has 7 nitrogen and oxygen atoms in total. The van der Waals surface area contributed by atoms with E-state index in [2.05, 4.69) is 89.7 Å². The Labute approximate surface area is 206 Å². The van der Waals surface area contributed by atoms with Gasteiger partial charge in [-0.2, -0.15) is 0 Å². The first kappa shape index (κ1) is 21.5. The van der Waals surface area contributed by atoms with Crippen molar-refractivity contribution in [3.8, 4) is 10.4 Å². The fraction of sp³-hybridized carbons (Fsp3) is 0.148. The first-order chi connectivity index (χ1) is 17.3. The first-order valence-electron chi connectivity index (χ1n) is 11.7. The molecule has 0 unspecified atom stereocenters. The number of hydrogen-bond acceptors (Lipinski definition) is 6. The van der Waals surface area contributed by atoms with Crippen molar-refractivity contribution >= 4 is 44.0 Å². The Morgan fingerprint density at radius 1 is 1.00 bits per heavy atom. The van der Waals surface area contributed by atoms with Crippen molar-refractivity contribution in [2.45, 2.75) is 19.5 Å².